The van der Waals surface area contributed by atoms with Gasteiger partial charge in [-0.3, -0.25) is 4.79 Å². The Morgan fingerprint density at radius 1 is 1.53 bits per heavy atom. The van der Waals surface area contributed by atoms with Crippen molar-refractivity contribution in [1.82, 2.24) is 0 Å². The molecule has 1 atom stereocenters. The quantitative estimate of drug-likeness (QED) is 0.747. The van der Waals surface area contributed by atoms with Crippen LogP contribution in [0, 0.1) is 0 Å². The van der Waals surface area contributed by atoms with Crippen molar-refractivity contribution in [3.05, 3.63) is 23.8 Å². The smallest absolute Gasteiger partial charge is 0.264 e. The molecule has 15 heavy (non-hydrogen) atoms. The van der Waals surface area contributed by atoms with Gasteiger partial charge in [-0.15, -0.1) is 0 Å². The summed E-state index contributed by atoms with van der Waals surface area (Å²) in [6.07, 6.45) is 0. The van der Waals surface area contributed by atoms with E-state index < -0.39 is 0 Å². The normalized spacial score (nSPS) is 17.0. The van der Waals surface area contributed by atoms with Crippen molar-refractivity contribution in [3.63, 3.8) is 0 Å². The van der Waals surface area contributed by atoms with E-state index in [1.165, 1.54) is 0 Å². The Kier molecular flexibility index (Phi) is 2.36. The van der Waals surface area contributed by atoms with Crippen LogP contribution < -0.4 is 15.4 Å². The minimum atomic E-state index is -0.0314. The monoisotopic (exact) mass is 206 g/mol. The molecule has 1 aromatic rings. The molecule has 1 aliphatic heterocycles. The zero-order valence-electron chi connectivity index (χ0n) is 8.86. The molecule has 1 aromatic carbocycles. The van der Waals surface area contributed by atoms with Gasteiger partial charge in [0.25, 0.3) is 5.91 Å². The number of hydrogen-bond donors (Lipinski definition) is 1. The Bertz CT molecular complexity index is 402. The Hall–Kier alpha value is -1.55. The van der Waals surface area contributed by atoms with Crippen LogP contribution in [0.1, 0.15) is 18.5 Å². The van der Waals surface area contributed by atoms with Gasteiger partial charge in [0.2, 0.25) is 0 Å². The summed E-state index contributed by atoms with van der Waals surface area (Å²) < 4.78 is 5.35. The van der Waals surface area contributed by atoms with Crippen molar-refractivity contribution in [3.8, 4) is 5.75 Å². The second kappa shape index (κ2) is 3.55. The third kappa shape index (κ3) is 1.68. The van der Waals surface area contributed by atoms with E-state index in [0.29, 0.717) is 0 Å². The Balaban J connectivity index is 2.42. The number of benzene rings is 1. The Morgan fingerprint density at radius 3 is 2.93 bits per heavy atom. The molecule has 0 fully saturated rings. The van der Waals surface area contributed by atoms with Crippen LogP contribution in [-0.4, -0.2) is 19.6 Å². The Morgan fingerprint density at radius 2 is 2.27 bits per heavy atom. The van der Waals surface area contributed by atoms with Gasteiger partial charge in [0.15, 0.2) is 6.61 Å². The van der Waals surface area contributed by atoms with Crippen LogP contribution in [0.5, 0.6) is 5.75 Å². The van der Waals surface area contributed by atoms with Crippen molar-refractivity contribution >= 4 is 11.6 Å². The van der Waals surface area contributed by atoms with E-state index in [4.69, 9.17) is 10.5 Å². The molecule has 0 aromatic heterocycles. The molecular weight excluding hydrogens is 192 g/mol. The number of anilines is 1. The number of amides is 1. The van der Waals surface area contributed by atoms with E-state index >= 15 is 0 Å². The third-order valence-electron chi connectivity index (χ3n) is 2.60. The lowest BCUT2D eigenvalue weighted by Gasteiger charge is -2.26. The molecule has 4 heteroatoms. The fourth-order valence-corrected chi connectivity index (χ4v) is 1.58. The van der Waals surface area contributed by atoms with Crippen LogP contribution in [0.4, 0.5) is 5.69 Å². The van der Waals surface area contributed by atoms with Crippen LogP contribution in [0.25, 0.3) is 0 Å². The fraction of sp³-hybridized carbons (Fsp3) is 0.364. The second-order valence-electron chi connectivity index (χ2n) is 3.76. The van der Waals surface area contributed by atoms with Gasteiger partial charge in [-0.05, 0) is 24.6 Å². The largest absolute Gasteiger partial charge is 0.482 e. The summed E-state index contributed by atoms with van der Waals surface area (Å²) in [6, 6.07) is 5.65. The maximum atomic E-state index is 11.4. The van der Waals surface area contributed by atoms with Crippen LogP contribution in [0.2, 0.25) is 0 Å². The van der Waals surface area contributed by atoms with E-state index in [2.05, 4.69) is 0 Å². The second-order valence-corrected chi connectivity index (χ2v) is 3.76. The molecule has 1 aliphatic rings. The van der Waals surface area contributed by atoms with Crippen LogP contribution in [0.15, 0.2) is 18.2 Å². The summed E-state index contributed by atoms with van der Waals surface area (Å²) in [5.74, 6) is 0.697. The van der Waals surface area contributed by atoms with E-state index in [9.17, 15) is 4.79 Å². The van der Waals surface area contributed by atoms with Crippen molar-refractivity contribution in [2.75, 3.05) is 18.6 Å². The highest BCUT2D eigenvalue weighted by Crippen LogP contribution is 2.32. The molecule has 0 spiro atoms. The third-order valence-corrected chi connectivity index (χ3v) is 2.60. The molecule has 0 aliphatic carbocycles. The highest BCUT2D eigenvalue weighted by atomic mass is 16.5. The fourth-order valence-electron chi connectivity index (χ4n) is 1.58. The molecule has 4 nitrogen and oxygen atoms in total. The van der Waals surface area contributed by atoms with Gasteiger partial charge in [-0.25, -0.2) is 0 Å². The van der Waals surface area contributed by atoms with Crippen LogP contribution in [-0.2, 0) is 4.79 Å². The van der Waals surface area contributed by atoms with Gasteiger partial charge in [-0.1, -0.05) is 6.07 Å². The van der Waals surface area contributed by atoms with Gasteiger partial charge in [0.1, 0.15) is 5.75 Å². The molecule has 0 bridgehead atoms. The summed E-state index contributed by atoms with van der Waals surface area (Å²) >= 11 is 0. The van der Waals surface area contributed by atoms with Crippen molar-refractivity contribution in [1.29, 1.82) is 0 Å². The minimum Gasteiger partial charge on any atom is -0.482 e. The Labute approximate surface area is 88.6 Å². The molecule has 0 saturated carbocycles. The van der Waals surface area contributed by atoms with Crippen LogP contribution in [0.3, 0.4) is 0 Å². The van der Waals surface area contributed by atoms with Gasteiger partial charge in [-0.2, -0.15) is 0 Å². The van der Waals surface area contributed by atoms with Gasteiger partial charge in [0, 0.05) is 13.1 Å². The highest BCUT2D eigenvalue weighted by Gasteiger charge is 2.22. The molecule has 0 saturated heterocycles. The molecule has 2 N–H and O–H groups in total. The minimum absolute atomic E-state index is 0.0261. The number of fused-ring (bicyclic) bond motifs is 1. The van der Waals surface area contributed by atoms with E-state index in [0.717, 1.165) is 17.0 Å². The summed E-state index contributed by atoms with van der Waals surface area (Å²) in [4.78, 5) is 13.0. The van der Waals surface area contributed by atoms with E-state index in [1.54, 1.807) is 11.9 Å². The molecule has 80 valence electrons. The predicted molar refractivity (Wildman–Crippen MR) is 57.9 cm³/mol. The maximum absolute atomic E-state index is 11.4. The number of rotatable bonds is 1. The molecular formula is C11H14N2O2. The average Bonchev–Trinajstić information content (AvgIpc) is 2.23. The zero-order valence-corrected chi connectivity index (χ0v) is 8.86. The first-order chi connectivity index (χ1) is 7.09. The van der Waals surface area contributed by atoms with Crippen LogP contribution >= 0.6 is 0 Å². The lowest BCUT2D eigenvalue weighted by atomic mass is 10.1. The highest BCUT2D eigenvalue weighted by molar-refractivity contribution is 5.97. The molecule has 1 amide bonds. The SMILES string of the molecule is CC(N)c1ccc2c(c1)OCC(=O)N2C. The number of carbonyl (C=O) groups excluding carboxylic acids is 1. The van der Waals surface area contributed by atoms with Crippen molar-refractivity contribution in [2.24, 2.45) is 5.73 Å². The maximum Gasteiger partial charge on any atom is 0.264 e. The lowest BCUT2D eigenvalue weighted by molar-refractivity contribution is -0.120. The topological polar surface area (TPSA) is 55.6 Å². The van der Waals surface area contributed by atoms with E-state index in [1.807, 2.05) is 25.1 Å². The average molecular weight is 206 g/mol. The number of likely N-dealkylation sites (N-methyl/N-ethyl adjacent to an activating group) is 1. The number of nitrogens with two attached hydrogens (primary N) is 1. The number of carbonyl (C=O) groups is 1. The summed E-state index contributed by atoms with van der Waals surface area (Å²) in [5, 5.41) is 0. The molecule has 2 rings (SSSR count). The number of hydrogen-bond acceptors (Lipinski definition) is 3. The first-order valence-electron chi connectivity index (χ1n) is 4.88. The molecule has 1 unspecified atom stereocenters. The van der Waals surface area contributed by atoms with E-state index in [-0.39, 0.29) is 18.6 Å². The first-order valence-corrected chi connectivity index (χ1v) is 4.88. The van der Waals surface area contributed by atoms with Gasteiger partial charge in [0.05, 0.1) is 5.69 Å². The predicted octanol–water partition coefficient (Wildman–Crippen LogP) is 1.06. The summed E-state index contributed by atoms with van der Waals surface area (Å²) in [6.45, 7) is 2.02. The van der Waals surface area contributed by atoms with Gasteiger partial charge >= 0.3 is 0 Å². The summed E-state index contributed by atoms with van der Waals surface area (Å²) in [5.41, 5.74) is 7.58. The zero-order chi connectivity index (χ0) is 11.0. The first kappa shape index (κ1) is 9.98. The lowest BCUT2D eigenvalue weighted by Crippen LogP contribution is -2.35. The van der Waals surface area contributed by atoms with Crippen molar-refractivity contribution in [2.45, 2.75) is 13.0 Å². The number of ether oxygens (including phenoxy) is 1. The molecule has 1 heterocycles. The van der Waals surface area contributed by atoms with Gasteiger partial charge < -0.3 is 15.4 Å². The number of nitrogens with zero attached hydrogens (tertiary/aromatic N) is 1. The molecule has 0 radical (unpaired) electrons. The summed E-state index contributed by atoms with van der Waals surface area (Å²) in [7, 11) is 1.75. The van der Waals surface area contributed by atoms with Crippen molar-refractivity contribution < 1.29 is 9.53 Å². The standard InChI is InChI=1S/C11H14N2O2/c1-7(12)8-3-4-9-10(5-8)15-6-11(14)13(9)2/h3-5,7H,6,12H2,1-2H3.